The SMILES string of the molecule is Cc1cc(C)c(-c2ccc3c(c2)B(c2c(-c4ccccc4)cc(-c4ccccc4)cc2-c2ccccc2)c2cccc4c2N3c2ccccc2C42c3ccccc3-c3ccccc32)c(C)c1. The van der Waals surface area contributed by atoms with Crippen molar-refractivity contribution in [2.75, 3.05) is 4.90 Å². The van der Waals surface area contributed by atoms with E-state index in [-0.39, 0.29) is 6.71 Å². The van der Waals surface area contributed by atoms with Gasteiger partial charge < -0.3 is 4.90 Å². The van der Waals surface area contributed by atoms with Crippen LogP contribution in [0.1, 0.15) is 38.9 Å². The van der Waals surface area contributed by atoms with Crippen LogP contribution < -0.4 is 21.3 Å². The van der Waals surface area contributed by atoms with Gasteiger partial charge in [0.2, 0.25) is 6.71 Å². The van der Waals surface area contributed by atoms with E-state index in [4.69, 9.17) is 0 Å². The molecule has 0 amide bonds. The zero-order valence-corrected chi connectivity index (χ0v) is 37.4. The van der Waals surface area contributed by atoms with Crippen LogP contribution in [0.5, 0.6) is 0 Å². The molecule has 0 radical (unpaired) electrons. The number of fused-ring (bicyclic) bond motifs is 11. The number of benzene rings is 10. The van der Waals surface area contributed by atoms with Gasteiger partial charge in [0.05, 0.1) is 11.1 Å². The number of para-hydroxylation sites is 2. The molecule has 0 saturated heterocycles. The van der Waals surface area contributed by atoms with Gasteiger partial charge in [-0.1, -0.05) is 211 Å². The summed E-state index contributed by atoms with van der Waals surface area (Å²) in [5.74, 6) is 0. The lowest BCUT2D eigenvalue weighted by Crippen LogP contribution is -2.59. The maximum atomic E-state index is 2.63. The summed E-state index contributed by atoms with van der Waals surface area (Å²) in [6.45, 7) is 6.61. The second-order valence-corrected chi connectivity index (χ2v) is 18.5. The van der Waals surface area contributed by atoms with Crippen molar-refractivity contribution in [3.63, 3.8) is 0 Å². The third kappa shape index (κ3) is 5.48. The Morgan fingerprint density at radius 2 is 0.864 bits per heavy atom. The first-order valence-electron chi connectivity index (χ1n) is 23.3. The van der Waals surface area contributed by atoms with E-state index in [1.807, 2.05) is 0 Å². The van der Waals surface area contributed by atoms with Crippen molar-refractivity contribution in [3.8, 4) is 55.6 Å². The van der Waals surface area contributed by atoms with Gasteiger partial charge in [-0.2, -0.15) is 0 Å². The molecule has 2 heterocycles. The van der Waals surface area contributed by atoms with E-state index in [1.54, 1.807) is 0 Å². The number of nitrogens with zero attached hydrogens (tertiary/aromatic N) is 1. The Balaban J connectivity index is 1.20. The van der Waals surface area contributed by atoms with Gasteiger partial charge in [0, 0.05) is 11.4 Å². The minimum atomic E-state index is -0.522. The van der Waals surface area contributed by atoms with Crippen LogP contribution in [0, 0.1) is 20.8 Å². The molecule has 3 aliphatic rings. The van der Waals surface area contributed by atoms with E-state index in [0.717, 1.165) is 0 Å². The first-order chi connectivity index (χ1) is 32.5. The summed E-state index contributed by atoms with van der Waals surface area (Å²) in [6.07, 6.45) is 0. The fourth-order valence-corrected chi connectivity index (χ4v) is 12.4. The fraction of sp³-hybridized carbons (Fsp3) is 0.0625. The Labute approximate surface area is 388 Å². The Morgan fingerprint density at radius 1 is 0.348 bits per heavy atom. The third-order valence-electron chi connectivity index (χ3n) is 14.8. The smallest absolute Gasteiger partial charge is 0.248 e. The highest BCUT2D eigenvalue weighted by Crippen LogP contribution is 2.63. The van der Waals surface area contributed by atoms with Crippen LogP contribution in [0.3, 0.4) is 0 Å². The van der Waals surface area contributed by atoms with Crippen LogP contribution in [0.15, 0.2) is 224 Å². The molecule has 2 aliphatic heterocycles. The van der Waals surface area contributed by atoms with Crippen LogP contribution in [0.4, 0.5) is 17.1 Å². The molecule has 10 aromatic carbocycles. The lowest BCUT2D eigenvalue weighted by Gasteiger charge is -2.49. The average Bonchev–Trinajstić information content (AvgIpc) is 3.66. The Bertz CT molecular complexity index is 3440. The van der Waals surface area contributed by atoms with E-state index in [0.29, 0.717) is 0 Å². The van der Waals surface area contributed by atoms with Crippen molar-refractivity contribution in [2.24, 2.45) is 0 Å². The molecule has 10 aromatic rings. The molecule has 1 aliphatic carbocycles. The molecule has 310 valence electrons. The van der Waals surface area contributed by atoms with Gasteiger partial charge in [-0.3, -0.25) is 0 Å². The molecule has 0 unspecified atom stereocenters. The minimum absolute atomic E-state index is 0.137. The summed E-state index contributed by atoms with van der Waals surface area (Å²) in [7, 11) is 0. The van der Waals surface area contributed by atoms with Gasteiger partial charge in [-0.25, -0.2) is 0 Å². The van der Waals surface area contributed by atoms with Crippen molar-refractivity contribution < 1.29 is 0 Å². The summed E-state index contributed by atoms with van der Waals surface area (Å²) in [5.41, 5.74) is 28.8. The van der Waals surface area contributed by atoms with Gasteiger partial charge in [0.1, 0.15) is 0 Å². The van der Waals surface area contributed by atoms with Crippen molar-refractivity contribution in [1.29, 1.82) is 0 Å². The number of rotatable bonds is 5. The fourth-order valence-electron chi connectivity index (χ4n) is 12.4. The highest BCUT2D eigenvalue weighted by Gasteiger charge is 2.54. The molecule has 13 rings (SSSR count). The first kappa shape index (κ1) is 38.5. The van der Waals surface area contributed by atoms with Crippen LogP contribution in [0.25, 0.3) is 55.6 Å². The van der Waals surface area contributed by atoms with Crippen LogP contribution in [-0.4, -0.2) is 6.71 Å². The lowest BCUT2D eigenvalue weighted by atomic mass is 9.32. The van der Waals surface area contributed by atoms with Crippen molar-refractivity contribution >= 4 is 40.2 Å². The van der Waals surface area contributed by atoms with Gasteiger partial charge >= 0.3 is 0 Å². The first-order valence-corrected chi connectivity index (χ1v) is 23.3. The molecular weight excluding hydrogens is 794 g/mol. The zero-order chi connectivity index (χ0) is 44.1. The highest BCUT2D eigenvalue weighted by molar-refractivity contribution is 6.99. The lowest BCUT2D eigenvalue weighted by molar-refractivity contribution is 0.753. The van der Waals surface area contributed by atoms with Crippen LogP contribution >= 0.6 is 0 Å². The molecule has 0 bridgehead atoms. The summed E-state index contributed by atoms with van der Waals surface area (Å²) in [5, 5.41) is 0. The molecule has 1 nitrogen and oxygen atoms in total. The summed E-state index contributed by atoms with van der Waals surface area (Å²) < 4.78 is 0. The molecule has 0 saturated carbocycles. The van der Waals surface area contributed by atoms with E-state index in [2.05, 4.69) is 250 Å². The highest BCUT2D eigenvalue weighted by atomic mass is 15.2. The zero-order valence-electron chi connectivity index (χ0n) is 37.4. The van der Waals surface area contributed by atoms with E-state index >= 15 is 0 Å². The van der Waals surface area contributed by atoms with Crippen molar-refractivity contribution in [1.82, 2.24) is 0 Å². The van der Waals surface area contributed by atoms with E-state index in [9.17, 15) is 0 Å². The second kappa shape index (κ2) is 14.8. The molecule has 66 heavy (non-hydrogen) atoms. The summed E-state index contributed by atoms with van der Waals surface area (Å²) in [6, 6.07) is 84.8. The maximum absolute atomic E-state index is 2.63. The predicted molar refractivity (Wildman–Crippen MR) is 279 cm³/mol. The Hall–Kier alpha value is -7.94. The average molecular weight is 840 g/mol. The third-order valence-corrected chi connectivity index (χ3v) is 14.8. The van der Waals surface area contributed by atoms with E-state index < -0.39 is 5.41 Å². The maximum Gasteiger partial charge on any atom is 0.248 e. The Kier molecular flexibility index (Phi) is 8.64. The van der Waals surface area contributed by atoms with E-state index in [1.165, 1.54) is 128 Å². The quantitative estimate of drug-likeness (QED) is 0.156. The minimum Gasteiger partial charge on any atom is -0.311 e. The summed E-state index contributed by atoms with van der Waals surface area (Å²) in [4.78, 5) is 2.63. The van der Waals surface area contributed by atoms with Crippen molar-refractivity contribution in [3.05, 3.63) is 263 Å². The molecule has 0 atom stereocenters. The molecule has 0 fully saturated rings. The standard InChI is InChI=1S/C64H46BN/c1-41-36-42(2)61(43(3)37-41)47-34-35-60-58(40-47)65(62-51(45-22-9-5-10-23-45)38-48(44-20-7-4-8-21-44)39-52(62)46-24-11-6-12-25-46)57-32-19-31-56-63(57)66(60)59-33-18-17-30-55(59)64(56)53-28-15-13-26-49(53)50-27-14-16-29-54(50)64/h4-40H,1-3H3. The summed E-state index contributed by atoms with van der Waals surface area (Å²) >= 11 is 0. The molecule has 1 spiro atoms. The molecule has 0 aromatic heterocycles. The van der Waals surface area contributed by atoms with Crippen molar-refractivity contribution in [2.45, 2.75) is 26.2 Å². The number of aryl methyl sites for hydroxylation is 3. The normalized spacial score (nSPS) is 13.4. The molecule has 2 heteroatoms. The van der Waals surface area contributed by atoms with Gasteiger partial charge in [-0.05, 0) is 145 Å². The largest absolute Gasteiger partial charge is 0.311 e. The Morgan fingerprint density at radius 3 is 1.47 bits per heavy atom. The predicted octanol–water partition coefficient (Wildman–Crippen LogP) is 14.3. The molecular formula is C64H46BN. The van der Waals surface area contributed by atoms with Gasteiger partial charge in [0.15, 0.2) is 0 Å². The number of hydrogen-bond acceptors (Lipinski definition) is 1. The van der Waals surface area contributed by atoms with Crippen LogP contribution in [-0.2, 0) is 5.41 Å². The van der Waals surface area contributed by atoms with Gasteiger partial charge in [-0.15, -0.1) is 0 Å². The topological polar surface area (TPSA) is 3.24 Å². The van der Waals surface area contributed by atoms with Gasteiger partial charge in [0.25, 0.3) is 0 Å². The number of hydrogen-bond donors (Lipinski definition) is 0. The monoisotopic (exact) mass is 839 g/mol. The number of anilines is 3. The molecule has 0 N–H and O–H groups in total. The second-order valence-electron chi connectivity index (χ2n) is 18.5. The van der Waals surface area contributed by atoms with Crippen LogP contribution in [0.2, 0.25) is 0 Å².